The van der Waals surface area contributed by atoms with Crippen molar-refractivity contribution >= 4 is 15.7 Å². The summed E-state index contributed by atoms with van der Waals surface area (Å²) in [4.78, 5) is 16.7. The molecule has 7 heteroatoms. The summed E-state index contributed by atoms with van der Waals surface area (Å²) >= 11 is 0. The molecule has 6 nitrogen and oxygen atoms in total. The van der Waals surface area contributed by atoms with Gasteiger partial charge in [0, 0.05) is 38.3 Å². The minimum Gasteiger partial charge on any atom is -0.351 e. The largest absolute Gasteiger partial charge is 0.351 e. The van der Waals surface area contributed by atoms with Crippen molar-refractivity contribution < 1.29 is 13.2 Å². The summed E-state index contributed by atoms with van der Waals surface area (Å²) in [5, 5.41) is 2.95. The number of benzene rings is 1. The summed E-state index contributed by atoms with van der Waals surface area (Å²) in [5.41, 5.74) is 2.29. The second-order valence-electron chi connectivity index (χ2n) is 7.72. The van der Waals surface area contributed by atoms with Crippen LogP contribution in [-0.4, -0.2) is 73.9 Å². The van der Waals surface area contributed by atoms with E-state index in [0.29, 0.717) is 13.1 Å². The number of sulfone groups is 1. The lowest BCUT2D eigenvalue weighted by atomic mass is 10.0. The molecule has 1 aromatic carbocycles. The molecule has 2 atom stereocenters. The van der Waals surface area contributed by atoms with Gasteiger partial charge in [-0.15, -0.1) is 0 Å². The number of hydrogen-bond acceptors (Lipinski definition) is 5. The Balaban J connectivity index is 1.61. The number of hydrogen-bond donors (Lipinski definition) is 1. The van der Waals surface area contributed by atoms with Crippen LogP contribution in [0, 0.1) is 0 Å². The van der Waals surface area contributed by atoms with Gasteiger partial charge in [0.1, 0.15) is 0 Å². The zero-order valence-corrected chi connectivity index (χ0v) is 16.9. The molecule has 1 amide bonds. The van der Waals surface area contributed by atoms with Gasteiger partial charge >= 0.3 is 0 Å². The van der Waals surface area contributed by atoms with Gasteiger partial charge in [-0.1, -0.05) is 42.0 Å². The van der Waals surface area contributed by atoms with E-state index in [4.69, 9.17) is 0 Å². The van der Waals surface area contributed by atoms with Gasteiger partial charge in [-0.2, -0.15) is 0 Å². The molecule has 27 heavy (non-hydrogen) atoms. The van der Waals surface area contributed by atoms with E-state index < -0.39 is 9.84 Å². The van der Waals surface area contributed by atoms with Crippen LogP contribution in [0.4, 0.5) is 0 Å². The predicted molar refractivity (Wildman–Crippen MR) is 107 cm³/mol. The zero-order chi connectivity index (χ0) is 19.4. The molecule has 2 aliphatic heterocycles. The van der Waals surface area contributed by atoms with Crippen molar-refractivity contribution in [3.63, 3.8) is 0 Å². The van der Waals surface area contributed by atoms with Crippen LogP contribution in [0.3, 0.4) is 0 Å². The van der Waals surface area contributed by atoms with Gasteiger partial charge in [0.25, 0.3) is 0 Å². The number of carbonyl (C=O) groups is 1. The number of piperazine rings is 1. The Morgan fingerprint density at radius 1 is 1.11 bits per heavy atom. The van der Waals surface area contributed by atoms with Crippen LogP contribution in [0.25, 0.3) is 0 Å². The first-order valence-electron chi connectivity index (χ1n) is 9.46. The highest BCUT2D eigenvalue weighted by atomic mass is 32.2. The van der Waals surface area contributed by atoms with Crippen molar-refractivity contribution in [2.45, 2.75) is 32.5 Å². The first kappa shape index (κ1) is 20.0. The molecule has 1 N–H and O–H groups in total. The Morgan fingerprint density at radius 3 is 2.41 bits per heavy atom. The highest BCUT2D eigenvalue weighted by Crippen LogP contribution is 2.26. The van der Waals surface area contributed by atoms with Crippen molar-refractivity contribution in [3.8, 4) is 0 Å². The second-order valence-corrected chi connectivity index (χ2v) is 9.87. The molecule has 0 bridgehead atoms. The molecular formula is C20H29N3O3S. The van der Waals surface area contributed by atoms with Crippen molar-refractivity contribution in [2.24, 2.45) is 0 Å². The molecule has 1 aromatic rings. The fraction of sp³-hybridized carbons (Fsp3) is 0.550. The Labute approximate surface area is 162 Å². The number of nitrogens with one attached hydrogen (secondary N) is 1. The second kappa shape index (κ2) is 8.54. The minimum absolute atomic E-state index is 0.0266. The van der Waals surface area contributed by atoms with Gasteiger partial charge in [0.05, 0.1) is 18.1 Å². The van der Waals surface area contributed by atoms with Crippen LogP contribution in [0.15, 0.2) is 42.0 Å². The normalized spacial score (nSPS) is 25.0. The van der Waals surface area contributed by atoms with E-state index in [-0.39, 0.29) is 36.0 Å². The molecule has 2 aliphatic rings. The molecule has 0 saturated carbocycles. The van der Waals surface area contributed by atoms with Gasteiger partial charge in [0.15, 0.2) is 9.84 Å². The molecule has 0 aliphatic carbocycles. The summed E-state index contributed by atoms with van der Waals surface area (Å²) in [5.74, 6) is 0.283. The Hall–Kier alpha value is -1.70. The molecule has 2 fully saturated rings. The van der Waals surface area contributed by atoms with E-state index >= 15 is 0 Å². The Kier molecular flexibility index (Phi) is 6.34. The number of nitrogens with zero attached hydrogens (tertiary/aromatic N) is 2. The lowest BCUT2D eigenvalue weighted by Gasteiger charge is -2.43. The van der Waals surface area contributed by atoms with Crippen LogP contribution >= 0.6 is 0 Å². The van der Waals surface area contributed by atoms with Gasteiger partial charge in [0.2, 0.25) is 5.91 Å². The number of fused-ring (bicyclic) bond motifs is 1. The highest BCUT2D eigenvalue weighted by Gasteiger charge is 2.46. The smallest absolute Gasteiger partial charge is 0.234 e. The molecule has 2 heterocycles. The summed E-state index contributed by atoms with van der Waals surface area (Å²) in [7, 11) is -3.06. The standard InChI is InChI=1S/C20H29N3O3S/c1-16(2)8-9-22-10-11-23(19-15-27(25,26)14-18(19)22)13-20(24)21-12-17-6-4-3-5-7-17/h3-8,18-19H,9-15H2,1-2H3,(H,21,24)/t18-,19+/m0/s1. The van der Waals surface area contributed by atoms with Crippen LogP contribution in [0.1, 0.15) is 19.4 Å². The van der Waals surface area contributed by atoms with Crippen LogP contribution < -0.4 is 5.32 Å². The number of rotatable bonds is 6. The molecule has 0 unspecified atom stereocenters. The van der Waals surface area contributed by atoms with Gasteiger partial charge in [-0.25, -0.2) is 8.42 Å². The highest BCUT2D eigenvalue weighted by molar-refractivity contribution is 7.91. The molecule has 0 spiro atoms. The monoisotopic (exact) mass is 391 g/mol. The van der Waals surface area contributed by atoms with E-state index in [1.54, 1.807) is 0 Å². The van der Waals surface area contributed by atoms with E-state index in [1.165, 1.54) is 5.57 Å². The average molecular weight is 392 g/mol. The molecule has 148 valence electrons. The first-order valence-corrected chi connectivity index (χ1v) is 11.3. The fourth-order valence-corrected chi connectivity index (χ4v) is 5.90. The minimum atomic E-state index is -3.06. The molecular weight excluding hydrogens is 362 g/mol. The summed E-state index contributed by atoms with van der Waals surface area (Å²) in [6, 6.07) is 9.66. The molecule has 0 radical (unpaired) electrons. The predicted octanol–water partition coefficient (Wildman–Crippen LogP) is 1.05. The third kappa shape index (κ3) is 5.40. The van der Waals surface area contributed by atoms with E-state index in [0.717, 1.165) is 18.7 Å². The average Bonchev–Trinajstić information content (AvgIpc) is 2.95. The number of carbonyl (C=O) groups excluding carboxylic acids is 1. The van der Waals surface area contributed by atoms with Crippen molar-refractivity contribution in [1.82, 2.24) is 15.1 Å². The Morgan fingerprint density at radius 2 is 1.74 bits per heavy atom. The van der Waals surface area contributed by atoms with Crippen LogP contribution in [-0.2, 0) is 21.2 Å². The topological polar surface area (TPSA) is 69.7 Å². The van der Waals surface area contributed by atoms with Gasteiger partial charge in [-0.3, -0.25) is 14.6 Å². The third-order valence-corrected chi connectivity index (χ3v) is 7.02. The van der Waals surface area contributed by atoms with E-state index in [9.17, 15) is 13.2 Å². The number of amides is 1. The zero-order valence-electron chi connectivity index (χ0n) is 16.1. The van der Waals surface area contributed by atoms with Crippen molar-refractivity contribution in [2.75, 3.05) is 37.7 Å². The summed E-state index contributed by atoms with van der Waals surface area (Å²) < 4.78 is 24.5. The van der Waals surface area contributed by atoms with Crippen molar-refractivity contribution in [1.29, 1.82) is 0 Å². The summed E-state index contributed by atoms with van der Waals surface area (Å²) in [6.45, 7) is 7.12. The Bertz CT molecular complexity index is 788. The van der Waals surface area contributed by atoms with E-state index in [1.807, 2.05) is 30.3 Å². The fourth-order valence-electron chi connectivity index (χ4n) is 3.86. The van der Waals surface area contributed by atoms with Gasteiger partial charge < -0.3 is 5.32 Å². The quantitative estimate of drug-likeness (QED) is 0.734. The summed E-state index contributed by atoms with van der Waals surface area (Å²) in [6.07, 6.45) is 2.14. The van der Waals surface area contributed by atoms with Crippen LogP contribution in [0.5, 0.6) is 0 Å². The molecule has 2 saturated heterocycles. The SMILES string of the molecule is CC(C)=CCN1CCN(CC(=O)NCc2ccccc2)[C@@H]2CS(=O)(=O)C[C@@H]21. The lowest BCUT2D eigenvalue weighted by Crippen LogP contribution is -2.60. The molecule has 3 rings (SSSR count). The van der Waals surface area contributed by atoms with Crippen molar-refractivity contribution in [3.05, 3.63) is 47.5 Å². The van der Waals surface area contributed by atoms with Crippen LogP contribution in [0.2, 0.25) is 0 Å². The van der Waals surface area contributed by atoms with E-state index in [2.05, 4.69) is 35.0 Å². The maximum absolute atomic E-state index is 12.4. The maximum atomic E-state index is 12.4. The maximum Gasteiger partial charge on any atom is 0.234 e. The van der Waals surface area contributed by atoms with Gasteiger partial charge in [-0.05, 0) is 19.4 Å². The lowest BCUT2D eigenvalue weighted by molar-refractivity contribution is -0.123. The first-order chi connectivity index (χ1) is 12.8. The molecule has 0 aromatic heterocycles. The third-order valence-electron chi connectivity index (χ3n) is 5.32. The number of allylic oxidation sites excluding steroid dienone is 1.